The molecule has 0 bridgehead atoms. The predicted octanol–water partition coefficient (Wildman–Crippen LogP) is 3.40. The van der Waals surface area contributed by atoms with E-state index in [1.54, 1.807) is 6.07 Å². The topological polar surface area (TPSA) is 70.0 Å². The summed E-state index contributed by atoms with van der Waals surface area (Å²) in [5, 5.41) is 8.71. The minimum Gasteiger partial charge on any atom is -0.275 e. The molecule has 0 amide bonds. The van der Waals surface area contributed by atoms with Crippen molar-refractivity contribution < 1.29 is 17.2 Å². The summed E-state index contributed by atoms with van der Waals surface area (Å²) in [5.74, 6) is -1.60. The van der Waals surface area contributed by atoms with Gasteiger partial charge in [-0.1, -0.05) is 6.07 Å². The molecule has 0 radical (unpaired) electrons. The van der Waals surface area contributed by atoms with Gasteiger partial charge in [-0.15, -0.1) is 0 Å². The van der Waals surface area contributed by atoms with Gasteiger partial charge in [-0.3, -0.25) is 4.72 Å². The zero-order valence-electron chi connectivity index (χ0n) is 10.3. The number of hydrogen-bond acceptors (Lipinski definition) is 3. The Morgan fingerprint density at radius 3 is 2.48 bits per heavy atom. The summed E-state index contributed by atoms with van der Waals surface area (Å²) < 4.78 is 53.4. The first-order chi connectivity index (χ1) is 9.85. The highest BCUT2D eigenvalue weighted by molar-refractivity contribution is 9.10. The average Bonchev–Trinajstić information content (AvgIpc) is 2.43. The van der Waals surface area contributed by atoms with E-state index in [1.807, 2.05) is 0 Å². The van der Waals surface area contributed by atoms with Crippen LogP contribution in [0, 0.1) is 23.0 Å². The Kier molecular flexibility index (Phi) is 4.25. The van der Waals surface area contributed by atoms with Crippen LogP contribution < -0.4 is 4.72 Å². The fraction of sp³-hybridized carbons (Fsp3) is 0. The lowest BCUT2D eigenvalue weighted by atomic mass is 10.2. The fourth-order valence-corrected chi connectivity index (χ4v) is 3.23. The van der Waals surface area contributed by atoms with Gasteiger partial charge in [0.2, 0.25) is 0 Å². The third-order valence-electron chi connectivity index (χ3n) is 2.57. The third-order valence-corrected chi connectivity index (χ3v) is 4.58. The molecular weight excluding hydrogens is 366 g/mol. The smallest absolute Gasteiger partial charge is 0.262 e. The van der Waals surface area contributed by atoms with Crippen molar-refractivity contribution in [3.63, 3.8) is 0 Å². The lowest BCUT2D eigenvalue weighted by Crippen LogP contribution is -2.14. The average molecular weight is 373 g/mol. The van der Waals surface area contributed by atoms with Crippen LogP contribution in [-0.4, -0.2) is 8.42 Å². The standard InChI is InChI=1S/C13H7BrF2N2O2S/c14-10-2-1-3-12(16)13(10)18-21(19,20)9-4-5-11(15)8(6-9)7-17/h1-6,18H. The molecule has 0 spiro atoms. The maximum atomic E-state index is 13.6. The lowest BCUT2D eigenvalue weighted by Gasteiger charge is -2.11. The molecule has 0 unspecified atom stereocenters. The Labute approximate surface area is 128 Å². The maximum absolute atomic E-state index is 13.6. The van der Waals surface area contributed by atoms with E-state index in [0.29, 0.717) is 0 Å². The number of nitrogens with zero attached hydrogens (tertiary/aromatic N) is 1. The molecule has 0 saturated carbocycles. The third kappa shape index (κ3) is 3.20. The molecule has 8 heteroatoms. The first kappa shape index (κ1) is 15.4. The number of sulfonamides is 1. The number of nitrogens with one attached hydrogen (secondary N) is 1. The molecule has 0 atom stereocenters. The van der Waals surface area contributed by atoms with Crippen LogP contribution in [-0.2, 0) is 10.0 Å². The summed E-state index contributed by atoms with van der Waals surface area (Å²) in [6, 6.07) is 8.24. The van der Waals surface area contributed by atoms with Crippen LogP contribution in [0.2, 0.25) is 0 Å². The number of nitriles is 1. The number of para-hydroxylation sites is 1. The number of benzene rings is 2. The van der Waals surface area contributed by atoms with Crippen LogP contribution in [0.5, 0.6) is 0 Å². The second kappa shape index (κ2) is 5.79. The molecule has 0 aliphatic heterocycles. The Morgan fingerprint density at radius 2 is 1.86 bits per heavy atom. The van der Waals surface area contributed by atoms with Crippen molar-refractivity contribution in [3.8, 4) is 6.07 Å². The summed E-state index contributed by atoms with van der Waals surface area (Å²) >= 11 is 3.03. The van der Waals surface area contributed by atoms with E-state index >= 15 is 0 Å². The predicted molar refractivity (Wildman–Crippen MR) is 76.0 cm³/mol. The van der Waals surface area contributed by atoms with Crippen molar-refractivity contribution in [2.75, 3.05) is 4.72 Å². The van der Waals surface area contributed by atoms with Gasteiger partial charge in [0.1, 0.15) is 17.7 Å². The molecule has 2 rings (SSSR count). The fourth-order valence-electron chi connectivity index (χ4n) is 1.55. The molecule has 4 nitrogen and oxygen atoms in total. The summed E-state index contributed by atoms with van der Waals surface area (Å²) in [6.07, 6.45) is 0. The van der Waals surface area contributed by atoms with Crippen molar-refractivity contribution in [3.05, 3.63) is 58.1 Å². The van der Waals surface area contributed by atoms with E-state index in [2.05, 4.69) is 20.7 Å². The highest BCUT2D eigenvalue weighted by Crippen LogP contribution is 2.28. The first-order valence-electron chi connectivity index (χ1n) is 5.51. The highest BCUT2D eigenvalue weighted by Gasteiger charge is 2.19. The second-order valence-corrected chi connectivity index (χ2v) is 6.49. The van der Waals surface area contributed by atoms with Crippen LogP contribution in [0.4, 0.5) is 14.5 Å². The summed E-state index contributed by atoms with van der Waals surface area (Å²) in [7, 11) is -4.15. The van der Waals surface area contributed by atoms with Gasteiger partial charge in [0.25, 0.3) is 10.0 Å². The minimum absolute atomic E-state index is 0.216. The molecular formula is C13H7BrF2N2O2S. The van der Waals surface area contributed by atoms with E-state index in [0.717, 1.165) is 24.3 Å². The molecule has 0 saturated heterocycles. The molecule has 2 aromatic rings. The molecule has 21 heavy (non-hydrogen) atoms. The van der Waals surface area contributed by atoms with E-state index in [4.69, 9.17) is 5.26 Å². The highest BCUT2D eigenvalue weighted by atomic mass is 79.9. The van der Waals surface area contributed by atoms with Crippen molar-refractivity contribution >= 4 is 31.6 Å². The SMILES string of the molecule is N#Cc1cc(S(=O)(=O)Nc2c(F)cccc2Br)ccc1F. The molecule has 0 heterocycles. The van der Waals surface area contributed by atoms with E-state index < -0.39 is 27.2 Å². The lowest BCUT2D eigenvalue weighted by molar-refractivity contribution is 0.596. The molecule has 108 valence electrons. The second-order valence-electron chi connectivity index (χ2n) is 3.96. The Morgan fingerprint density at radius 1 is 1.14 bits per heavy atom. The van der Waals surface area contributed by atoms with Crippen molar-refractivity contribution in [1.29, 1.82) is 5.26 Å². The summed E-state index contributed by atoms with van der Waals surface area (Å²) in [5.41, 5.74) is -0.675. The zero-order chi connectivity index (χ0) is 15.6. The van der Waals surface area contributed by atoms with Gasteiger partial charge in [-0.2, -0.15) is 5.26 Å². The van der Waals surface area contributed by atoms with Crippen molar-refractivity contribution in [1.82, 2.24) is 0 Å². The Hall–Kier alpha value is -1.98. The van der Waals surface area contributed by atoms with E-state index in [9.17, 15) is 17.2 Å². The summed E-state index contributed by atoms with van der Waals surface area (Å²) in [6.45, 7) is 0. The van der Waals surface area contributed by atoms with Crippen molar-refractivity contribution in [2.45, 2.75) is 4.90 Å². The quantitative estimate of drug-likeness (QED) is 0.897. The zero-order valence-corrected chi connectivity index (χ0v) is 12.7. The molecule has 2 aromatic carbocycles. The summed E-state index contributed by atoms with van der Waals surface area (Å²) in [4.78, 5) is -0.337. The van der Waals surface area contributed by atoms with Crippen LogP contribution in [0.25, 0.3) is 0 Å². The maximum Gasteiger partial charge on any atom is 0.262 e. The normalized spacial score (nSPS) is 11.0. The van der Waals surface area contributed by atoms with E-state index in [1.165, 1.54) is 12.1 Å². The molecule has 0 fully saturated rings. The molecule has 0 aliphatic carbocycles. The largest absolute Gasteiger partial charge is 0.275 e. The van der Waals surface area contributed by atoms with Gasteiger partial charge in [0.05, 0.1) is 16.1 Å². The van der Waals surface area contributed by atoms with Gasteiger partial charge >= 0.3 is 0 Å². The van der Waals surface area contributed by atoms with Gasteiger partial charge in [-0.05, 0) is 46.3 Å². The van der Waals surface area contributed by atoms with E-state index in [-0.39, 0.29) is 15.1 Å². The first-order valence-corrected chi connectivity index (χ1v) is 7.79. The Balaban J connectivity index is 2.47. The Bertz CT molecular complexity index is 827. The number of anilines is 1. The van der Waals surface area contributed by atoms with Gasteiger partial charge < -0.3 is 0 Å². The molecule has 0 aliphatic rings. The van der Waals surface area contributed by atoms with Gasteiger partial charge in [0.15, 0.2) is 0 Å². The molecule has 1 N–H and O–H groups in total. The van der Waals surface area contributed by atoms with Gasteiger partial charge in [-0.25, -0.2) is 17.2 Å². The van der Waals surface area contributed by atoms with Gasteiger partial charge in [0, 0.05) is 4.47 Å². The van der Waals surface area contributed by atoms with Crippen LogP contribution in [0.3, 0.4) is 0 Å². The molecule has 0 aromatic heterocycles. The van der Waals surface area contributed by atoms with Crippen LogP contribution >= 0.6 is 15.9 Å². The van der Waals surface area contributed by atoms with Crippen molar-refractivity contribution in [2.24, 2.45) is 0 Å². The monoisotopic (exact) mass is 372 g/mol. The van der Waals surface area contributed by atoms with Crippen LogP contribution in [0.15, 0.2) is 45.8 Å². The van der Waals surface area contributed by atoms with Crippen LogP contribution in [0.1, 0.15) is 5.56 Å². The minimum atomic E-state index is -4.15. The number of hydrogen-bond donors (Lipinski definition) is 1. The number of halogens is 3. The number of rotatable bonds is 3.